The number of amides is 3. The van der Waals surface area contributed by atoms with Crippen molar-refractivity contribution in [1.82, 2.24) is 4.98 Å². The second-order valence-corrected chi connectivity index (χ2v) is 7.40. The number of nitrogens with zero attached hydrogens (tertiary/aromatic N) is 1. The summed E-state index contributed by atoms with van der Waals surface area (Å²) in [5.41, 5.74) is 2.67. The molecule has 0 fully saturated rings. The molecule has 0 radical (unpaired) electrons. The predicted octanol–water partition coefficient (Wildman–Crippen LogP) is 4.94. The smallest absolute Gasteiger partial charge is 0.325 e. The molecule has 1 heterocycles. The highest BCUT2D eigenvalue weighted by Gasteiger charge is 2.12. The van der Waals surface area contributed by atoms with Crippen molar-refractivity contribution in [3.8, 4) is 5.75 Å². The van der Waals surface area contributed by atoms with Gasteiger partial charge in [-0.25, -0.2) is 9.78 Å². The van der Waals surface area contributed by atoms with E-state index < -0.39 is 6.03 Å². The maximum absolute atomic E-state index is 12.3. The van der Waals surface area contributed by atoms with Gasteiger partial charge in [0.05, 0.1) is 24.9 Å². The topological polar surface area (TPSA) is 92.3 Å². The van der Waals surface area contributed by atoms with E-state index >= 15 is 0 Å². The Kier molecular flexibility index (Phi) is 6.69. The van der Waals surface area contributed by atoms with Crippen molar-refractivity contribution in [3.63, 3.8) is 0 Å². The largest absolute Gasteiger partial charge is 0.495 e. The zero-order valence-corrected chi connectivity index (χ0v) is 17.4. The maximum Gasteiger partial charge on any atom is 0.325 e. The fourth-order valence-electron chi connectivity index (χ4n) is 2.53. The molecule has 0 saturated heterocycles. The number of halogens is 1. The number of methoxy groups -OCH3 is 1. The number of carbonyl (C=O) groups is 2. The number of para-hydroxylation sites is 2. The van der Waals surface area contributed by atoms with Crippen LogP contribution in [0.4, 0.5) is 21.3 Å². The van der Waals surface area contributed by atoms with Crippen molar-refractivity contribution in [1.29, 1.82) is 0 Å². The van der Waals surface area contributed by atoms with Crippen molar-refractivity contribution in [2.75, 3.05) is 23.1 Å². The van der Waals surface area contributed by atoms with E-state index in [2.05, 4.69) is 20.9 Å². The molecular formula is C20H19ClN4O3S. The van der Waals surface area contributed by atoms with Gasteiger partial charge < -0.3 is 15.4 Å². The summed E-state index contributed by atoms with van der Waals surface area (Å²) in [6.07, 6.45) is 0.0816. The summed E-state index contributed by atoms with van der Waals surface area (Å²) >= 11 is 7.21. The average molecular weight is 431 g/mol. The van der Waals surface area contributed by atoms with Crippen molar-refractivity contribution in [2.45, 2.75) is 13.3 Å². The lowest BCUT2D eigenvalue weighted by Gasteiger charge is -2.09. The Bertz CT molecular complexity index is 1040. The molecule has 0 aliphatic carbocycles. The van der Waals surface area contributed by atoms with Crippen LogP contribution in [0.2, 0.25) is 5.02 Å². The molecule has 150 valence electrons. The molecule has 1 aromatic heterocycles. The van der Waals surface area contributed by atoms with Crippen LogP contribution in [0.15, 0.2) is 47.8 Å². The van der Waals surface area contributed by atoms with Gasteiger partial charge in [-0.1, -0.05) is 29.8 Å². The summed E-state index contributed by atoms with van der Waals surface area (Å²) in [6.45, 7) is 1.89. The van der Waals surface area contributed by atoms with E-state index in [0.29, 0.717) is 33.0 Å². The predicted molar refractivity (Wildman–Crippen MR) is 116 cm³/mol. The van der Waals surface area contributed by atoms with Crippen LogP contribution < -0.4 is 20.7 Å². The standard InChI is InChI=1S/C20H19ClN4O3S/c1-12-7-8-13(21)9-16(12)23-18(26)10-14-11-29-20(22-14)25-19(27)24-15-5-3-4-6-17(15)28-2/h3-9,11H,10H2,1-2H3,(H,23,26)(H2,22,24,25,27). The summed E-state index contributed by atoms with van der Waals surface area (Å²) < 4.78 is 5.20. The van der Waals surface area contributed by atoms with Crippen LogP contribution in [0.5, 0.6) is 5.75 Å². The van der Waals surface area contributed by atoms with Crippen LogP contribution in [0, 0.1) is 6.92 Å². The number of anilines is 3. The molecular weight excluding hydrogens is 412 g/mol. The fraction of sp³-hybridized carbons (Fsp3) is 0.150. The van der Waals surface area contributed by atoms with Crippen LogP contribution in [0.1, 0.15) is 11.3 Å². The molecule has 3 N–H and O–H groups in total. The minimum absolute atomic E-state index is 0.0816. The Balaban J connectivity index is 1.57. The Hall–Kier alpha value is -3.10. The number of aryl methyl sites for hydroxylation is 1. The molecule has 2 aromatic carbocycles. The molecule has 3 amide bonds. The maximum atomic E-state index is 12.3. The molecule has 29 heavy (non-hydrogen) atoms. The summed E-state index contributed by atoms with van der Waals surface area (Å²) in [6, 6.07) is 11.9. The lowest BCUT2D eigenvalue weighted by atomic mass is 10.2. The van der Waals surface area contributed by atoms with Gasteiger partial charge in [-0.05, 0) is 36.8 Å². The molecule has 0 atom stereocenters. The molecule has 0 aliphatic rings. The van der Waals surface area contributed by atoms with E-state index in [4.69, 9.17) is 16.3 Å². The van der Waals surface area contributed by atoms with Crippen molar-refractivity contribution >= 4 is 51.4 Å². The first-order valence-corrected chi connectivity index (χ1v) is 9.92. The molecule has 0 saturated carbocycles. The third-order valence-corrected chi connectivity index (χ3v) is 4.98. The number of nitrogens with one attached hydrogen (secondary N) is 3. The van der Waals surface area contributed by atoms with E-state index in [1.54, 1.807) is 35.7 Å². The van der Waals surface area contributed by atoms with Crippen molar-refractivity contribution < 1.29 is 14.3 Å². The summed E-state index contributed by atoms with van der Waals surface area (Å²) in [4.78, 5) is 28.8. The Morgan fingerprint density at radius 2 is 1.90 bits per heavy atom. The number of hydrogen-bond acceptors (Lipinski definition) is 5. The van der Waals surface area contributed by atoms with Crippen LogP contribution in [0.3, 0.4) is 0 Å². The van der Waals surface area contributed by atoms with Gasteiger partial charge in [0.2, 0.25) is 5.91 Å². The van der Waals surface area contributed by atoms with Gasteiger partial charge in [0.25, 0.3) is 0 Å². The van der Waals surface area contributed by atoms with Crippen LogP contribution in [0.25, 0.3) is 0 Å². The number of carbonyl (C=O) groups excluding carboxylic acids is 2. The molecule has 7 nitrogen and oxygen atoms in total. The zero-order valence-electron chi connectivity index (χ0n) is 15.8. The highest BCUT2D eigenvalue weighted by atomic mass is 35.5. The highest BCUT2D eigenvalue weighted by Crippen LogP contribution is 2.24. The zero-order chi connectivity index (χ0) is 20.8. The van der Waals surface area contributed by atoms with Gasteiger partial charge in [0.15, 0.2) is 5.13 Å². The minimum Gasteiger partial charge on any atom is -0.495 e. The van der Waals surface area contributed by atoms with Crippen molar-refractivity contribution in [2.24, 2.45) is 0 Å². The van der Waals surface area contributed by atoms with Gasteiger partial charge in [-0.3, -0.25) is 10.1 Å². The highest BCUT2D eigenvalue weighted by molar-refractivity contribution is 7.14. The van der Waals surface area contributed by atoms with Crippen LogP contribution in [-0.2, 0) is 11.2 Å². The van der Waals surface area contributed by atoms with Crippen LogP contribution >= 0.6 is 22.9 Å². The molecule has 0 unspecified atom stereocenters. The number of aromatic nitrogens is 1. The van der Waals surface area contributed by atoms with E-state index in [9.17, 15) is 9.59 Å². The number of rotatable bonds is 6. The first-order chi connectivity index (χ1) is 13.9. The number of thiazole rings is 1. The Morgan fingerprint density at radius 3 is 2.69 bits per heavy atom. The quantitative estimate of drug-likeness (QED) is 0.516. The fourth-order valence-corrected chi connectivity index (χ4v) is 3.41. The van der Waals surface area contributed by atoms with Crippen molar-refractivity contribution in [3.05, 3.63) is 64.1 Å². The Labute approximate surface area is 177 Å². The van der Waals surface area contributed by atoms with Gasteiger partial charge >= 0.3 is 6.03 Å². The third kappa shape index (κ3) is 5.69. The molecule has 3 rings (SSSR count). The number of ether oxygens (including phenoxy) is 1. The molecule has 0 aliphatic heterocycles. The van der Waals surface area contributed by atoms with Gasteiger partial charge in [-0.2, -0.15) is 0 Å². The first-order valence-electron chi connectivity index (χ1n) is 8.66. The van der Waals surface area contributed by atoms with E-state index in [-0.39, 0.29) is 12.3 Å². The van der Waals surface area contributed by atoms with E-state index in [0.717, 1.165) is 5.56 Å². The van der Waals surface area contributed by atoms with Crippen LogP contribution in [-0.4, -0.2) is 24.0 Å². The average Bonchev–Trinajstić information content (AvgIpc) is 3.11. The minimum atomic E-state index is -0.450. The van der Waals surface area contributed by atoms with Gasteiger partial charge in [0.1, 0.15) is 5.75 Å². The summed E-state index contributed by atoms with van der Waals surface area (Å²) in [5.74, 6) is 0.334. The third-order valence-electron chi connectivity index (χ3n) is 3.94. The normalized spacial score (nSPS) is 10.3. The second kappa shape index (κ2) is 9.40. The van der Waals surface area contributed by atoms with Gasteiger partial charge in [-0.15, -0.1) is 11.3 Å². The molecule has 0 bridgehead atoms. The monoisotopic (exact) mass is 430 g/mol. The number of benzene rings is 2. The Morgan fingerprint density at radius 1 is 1.10 bits per heavy atom. The van der Waals surface area contributed by atoms with E-state index in [1.165, 1.54) is 18.4 Å². The molecule has 0 spiro atoms. The number of hydrogen-bond donors (Lipinski definition) is 3. The van der Waals surface area contributed by atoms with Gasteiger partial charge in [0, 0.05) is 16.1 Å². The molecule has 3 aromatic rings. The molecule has 9 heteroatoms. The van der Waals surface area contributed by atoms with E-state index in [1.807, 2.05) is 19.1 Å². The lowest BCUT2D eigenvalue weighted by molar-refractivity contribution is -0.115. The SMILES string of the molecule is COc1ccccc1NC(=O)Nc1nc(CC(=O)Nc2cc(Cl)ccc2C)cs1. The number of urea groups is 1. The lowest BCUT2D eigenvalue weighted by Crippen LogP contribution is -2.20. The first kappa shape index (κ1) is 20.6. The summed E-state index contributed by atoms with van der Waals surface area (Å²) in [5, 5.41) is 10.8. The summed E-state index contributed by atoms with van der Waals surface area (Å²) in [7, 11) is 1.53. The second-order valence-electron chi connectivity index (χ2n) is 6.11.